The topological polar surface area (TPSA) is 72.7 Å². The lowest BCUT2D eigenvalue weighted by molar-refractivity contribution is -0.0947. The molecule has 1 N–H and O–H groups in total. The van der Waals surface area contributed by atoms with Crippen LogP contribution in [-0.2, 0) is 21.5 Å². The van der Waals surface area contributed by atoms with Crippen molar-refractivity contribution < 1.29 is 13.9 Å². The number of nitrogens with one attached hydrogen (secondary N) is 1. The van der Waals surface area contributed by atoms with E-state index in [4.69, 9.17) is 18.9 Å². The van der Waals surface area contributed by atoms with Gasteiger partial charge in [-0.2, -0.15) is 0 Å². The number of aromatic nitrogens is 2. The van der Waals surface area contributed by atoms with Crippen LogP contribution in [0.3, 0.4) is 0 Å². The number of allylic oxidation sites excluding steroid dienone is 4. The Morgan fingerprint density at radius 1 is 1.09 bits per heavy atom. The quantitative estimate of drug-likeness (QED) is 0.258. The fourth-order valence-electron chi connectivity index (χ4n) is 6.99. The highest BCUT2D eigenvalue weighted by atomic mass is 16.5. The molecule has 2 aromatic heterocycles. The predicted molar refractivity (Wildman–Crippen MR) is 172 cm³/mol. The molecule has 43 heavy (non-hydrogen) atoms. The van der Waals surface area contributed by atoms with Crippen molar-refractivity contribution in [2.24, 2.45) is 11.8 Å². The summed E-state index contributed by atoms with van der Waals surface area (Å²) in [5.41, 5.74) is 6.55. The lowest BCUT2D eigenvalue weighted by Crippen LogP contribution is -2.35. The van der Waals surface area contributed by atoms with Gasteiger partial charge in [-0.3, -0.25) is 0 Å². The zero-order valence-corrected chi connectivity index (χ0v) is 26.0. The Kier molecular flexibility index (Phi) is 9.41. The summed E-state index contributed by atoms with van der Waals surface area (Å²) in [5, 5.41) is 3.48. The van der Waals surface area contributed by atoms with Crippen molar-refractivity contribution in [2.75, 3.05) is 51.8 Å². The van der Waals surface area contributed by atoms with Crippen LogP contribution in [0.5, 0.6) is 0 Å². The van der Waals surface area contributed by atoms with Gasteiger partial charge in [-0.1, -0.05) is 55.0 Å². The molecule has 7 nitrogen and oxygen atoms in total. The highest BCUT2D eigenvalue weighted by Crippen LogP contribution is 2.38. The Labute approximate surface area is 256 Å². The van der Waals surface area contributed by atoms with Crippen molar-refractivity contribution in [2.45, 2.75) is 58.0 Å². The summed E-state index contributed by atoms with van der Waals surface area (Å²) < 4.78 is 17.5. The van der Waals surface area contributed by atoms with Gasteiger partial charge in [-0.25, -0.2) is 9.97 Å². The molecule has 3 aromatic rings. The number of benzene rings is 1. The summed E-state index contributed by atoms with van der Waals surface area (Å²) >= 11 is 0. The number of anilines is 1. The summed E-state index contributed by atoms with van der Waals surface area (Å²) in [6, 6.07) is 12.9. The van der Waals surface area contributed by atoms with E-state index in [0.717, 1.165) is 74.6 Å². The van der Waals surface area contributed by atoms with E-state index in [0.29, 0.717) is 17.7 Å². The van der Waals surface area contributed by atoms with E-state index >= 15 is 0 Å². The van der Waals surface area contributed by atoms with E-state index in [9.17, 15) is 0 Å². The van der Waals surface area contributed by atoms with Gasteiger partial charge in [0.1, 0.15) is 17.8 Å². The monoisotopic (exact) mass is 582 g/mol. The fraction of sp³-hybridized carbons (Fsp3) is 0.500. The molecule has 3 aliphatic rings. The minimum absolute atomic E-state index is 0.265. The average molecular weight is 583 g/mol. The molecule has 6 rings (SSSR count). The van der Waals surface area contributed by atoms with Crippen LogP contribution in [0.1, 0.15) is 63.0 Å². The largest absolute Gasteiger partial charge is 0.444 e. The molecule has 2 unspecified atom stereocenters. The number of nitrogens with zero attached hydrogens (tertiary/aromatic N) is 3. The number of rotatable bonds is 11. The molecular weight excluding hydrogens is 536 g/mol. The van der Waals surface area contributed by atoms with Gasteiger partial charge in [0.2, 0.25) is 5.89 Å². The molecular formula is C36H46N4O3. The maximum absolute atomic E-state index is 5.97. The van der Waals surface area contributed by atoms with Crippen LogP contribution < -0.4 is 5.32 Å². The first kappa shape index (κ1) is 29.8. The molecule has 2 aliphatic heterocycles. The maximum Gasteiger partial charge on any atom is 0.226 e. The number of pyridine rings is 1. The third-order valence-corrected chi connectivity index (χ3v) is 9.71. The molecule has 4 heterocycles. The van der Waals surface area contributed by atoms with Gasteiger partial charge >= 0.3 is 0 Å². The van der Waals surface area contributed by atoms with Crippen LogP contribution in [-0.4, -0.2) is 61.4 Å². The summed E-state index contributed by atoms with van der Waals surface area (Å²) in [4.78, 5) is 12.1. The minimum Gasteiger partial charge on any atom is -0.444 e. The first-order valence-corrected chi connectivity index (χ1v) is 16.0. The lowest BCUT2D eigenvalue weighted by atomic mass is 9.78. The molecule has 7 heteroatoms. The Bertz CT molecular complexity index is 1400. The Hall–Kier alpha value is -3.26. The normalized spacial score (nSPS) is 21.3. The standard InChI is InChI=1S/C36H46N4O3/c1-26(22-28-6-13-34(38-24-28)37-16-19-40-17-4-5-18-40)32-12-9-30(23-27(32)2)35-39-33(25-43-35)29-7-10-31(11-8-29)36(41-3)14-20-42-21-15-36/h6-11,13,23-26,32H,4-5,12,14-22H2,1-3H3,(H,37,38). The van der Waals surface area contributed by atoms with Crippen molar-refractivity contribution in [3.05, 3.63) is 83.6 Å². The van der Waals surface area contributed by atoms with E-state index in [2.05, 4.69) is 77.6 Å². The van der Waals surface area contributed by atoms with Crippen molar-refractivity contribution in [1.82, 2.24) is 14.9 Å². The molecule has 228 valence electrons. The summed E-state index contributed by atoms with van der Waals surface area (Å²) in [7, 11) is 1.80. The van der Waals surface area contributed by atoms with Gasteiger partial charge in [0.25, 0.3) is 0 Å². The van der Waals surface area contributed by atoms with Crippen LogP contribution in [0.25, 0.3) is 16.8 Å². The van der Waals surface area contributed by atoms with Crippen molar-refractivity contribution in [3.63, 3.8) is 0 Å². The second-order valence-corrected chi connectivity index (χ2v) is 12.5. The number of hydrogen-bond donors (Lipinski definition) is 1. The number of hydrogen-bond acceptors (Lipinski definition) is 7. The summed E-state index contributed by atoms with van der Waals surface area (Å²) in [6.45, 7) is 10.6. The van der Waals surface area contributed by atoms with E-state index in [-0.39, 0.29) is 5.60 Å². The number of likely N-dealkylation sites (tertiary alicyclic amines) is 1. The van der Waals surface area contributed by atoms with E-state index in [1.807, 2.05) is 6.20 Å². The van der Waals surface area contributed by atoms with Crippen molar-refractivity contribution >= 4 is 11.4 Å². The molecule has 0 saturated carbocycles. The van der Waals surface area contributed by atoms with Crippen LogP contribution in [0.4, 0.5) is 5.82 Å². The summed E-state index contributed by atoms with van der Waals surface area (Å²) in [5.74, 6) is 2.65. The minimum atomic E-state index is -0.265. The highest BCUT2D eigenvalue weighted by molar-refractivity contribution is 5.72. The van der Waals surface area contributed by atoms with Crippen LogP contribution in [0, 0.1) is 11.8 Å². The first-order chi connectivity index (χ1) is 21.0. The van der Waals surface area contributed by atoms with Gasteiger partial charge in [0, 0.05) is 63.6 Å². The molecule has 2 fully saturated rings. The molecule has 0 bridgehead atoms. The SMILES string of the molecule is COC1(c2ccc(-c3coc(C4=CCC(C(C)Cc5ccc(NCCN6CCCC6)nc5)C(C)=C4)n3)cc2)CCOCC1. The van der Waals surface area contributed by atoms with E-state index in [1.165, 1.54) is 42.6 Å². The van der Waals surface area contributed by atoms with Gasteiger partial charge < -0.3 is 24.1 Å². The molecule has 0 spiro atoms. The molecule has 1 aromatic carbocycles. The molecule has 2 saturated heterocycles. The Morgan fingerprint density at radius 2 is 1.88 bits per heavy atom. The van der Waals surface area contributed by atoms with Crippen LogP contribution >= 0.6 is 0 Å². The number of oxazole rings is 1. The number of methoxy groups -OCH3 is 1. The third kappa shape index (κ3) is 6.95. The lowest BCUT2D eigenvalue weighted by Gasteiger charge is -2.36. The number of ether oxygens (including phenoxy) is 2. The van der Waals surface area contributed by atoms with Crippen molar-refractivity contribution in [3.8, 4) is 11.3 Å². The molecule has 2 atom stereocenters. The maximum atomic E-state index is 5.97. The third-order valence-electron chi connectivity index (χ3n) is 9.71. The summed E-state index contributed by atoms with van der Waals surface area (Å²) in [6.07, 6.45) is 14.7. The molecule has 0 radical (unpaired) electrons. The van der Waals surface area contributed by atoms with Crippen LogP contribution in [0.2, 0.25) is 0 Å². The van der Waals surface area contributed by atoms with Crippen LogP contribution in [0.15, 0.2) is 71.0 Å². The zero-order chi connectivity index (χ0) is 29.6. The second kappa shape index (κ2) is 13.6. The smallest absolute Gasteiger partial charge is 0.226 e. The molecule has 1 aliphatic carbocycles. The fourth-order valence-corrected chi connectivity index (χ4v) is 6.99. The Balaban J connectivity index is 1.03. The van der Waals surface area contributed by atoms with Gasteiger partial charge in [0.05, 0.1) is 5.60 Å². The second-order valence-electron chi connectivity index (χ2n) is 12.5. The van der Waals surface area contributed by atoms with Gasteiger partial charge in [-0.05, 0) is 74.7 Å². The first-order valence-electron chi connectivity index (χ1n) is 16.0. The van der Waals surface area contributed by atoms with E-state index in [1.54, 1.807) is 13.4 Å². The van der Waals surface area contributed by atoms with Crippen molar-refractivity contribution in [1.29, 1.82) is 0 Å². The highest BCUT2D eigenvalue weighted by Gasteiger charge is 2.34. The zero-order valence-electron chi connectivity index (χ0n) is 26.0. The molecule has 0 amide bonds. The predicted octanol–water partition coefficient (Wildman–Crippen LogP) is 7.12. The van der Waals surface area contributed by atoms with Gasteiger partial charge in [-0.15, -0.1) is 0 Å². The Morgan fingerprint density at radius 3 is 2.58 bits per heavy atom. The average Bonchev–Trinajstić information content (AvgIpc) is 3.75. The van der Waals surface area contributed by atoms with E-state index < -0.39 is 0 Å². The van der Waals surface area contributed by atoms with Gasteiger partial charge in [0.15, 0.2) is 0 Å².